The van der Waals surface area contributed by atoms with Gasteiger partial charge in [0.15, 0.2) is 0 Å². The van der Waals surface area contributed by atoms with E-state index in [-0.39, 0.29) is 6.04 Å². The highest BCUT2D eigenvalue weighted by molar-refractivity contribution is 7.91. The maximum atomic E-state index is 12.2. The number of hydrogen-bond acceptors (Lipinski definition) is 4. The number of sulfonamides is 1. The summed E-state index contributed by atoms with van der Waals surface area (Å²) in [4.78, 5) is 1.06. The van der Waals surface area contributed by atoms with Crippen LogP contribution in [0, 0.1) is 5.92 Å². The third kappa shape index (κ3) is 4.27. The van der Waals surface area contributed by atoms with Gasteiger partial charge in [0.1, 0.15) is 4.21 Å². The van der Waals surface area contributed by atoms with Gasteiger partial charge in [-0.25, -0.2) is 13.1 Å². The molecule has 0 spiro atoms. The van der Waals surface area contributed by atoms with E-state index < -0.39 is 10.0 Å². The van der Waals surface area contributed by atoms with E-state index in [0.29, 0.717) is 10.1 Å². The van der Waals surface area contributed by atoms with Crippen molar-refractivity contribution in [2.75, 3.05) is 6.54 Å². The fourth-order valence-corrected chi connectivity index (χ4v) is 4.64. The first-order valence-electron chi connectivity index (χ1n) is 6.84. The highest BCUT2D eigenvalue weighted by Gasteiger charge is 2.31. The Morgan fingerprint density at radius 1 is 1.42 bits per heavy atom. The molecule has 0 bridgehead atoms. The van der Waals surface area contributed by atoms with E-state index in [1.165, 1.54) is 11.3 Å². The van der Waals surface area contributed by atoms with E-state index in [0.717, 1.165) is 37.2 Å². The lowest BCUT2D eigenvalue weighted by Crippen LogP contribution is -2.33. The minimum Gasteiger partial charge on any atom is -0.312 e. The van der Waals surface area contributed by atoms with Gasteiger partial charge in [-0.1, -0.05) is 6.92 Å². The Hall–Kier alpha value is -0.430. The molecule has 1 fully saturated rings. The molecule has 0 radical (unpaired) electrons. The third-order valence-electron chi connectivity index (χ3n) is 3.30. The molecule has 108 valence electrons. The van der Waals surface area contributed by atoms with Gasteiger partial charge in [0.2, 0.25) is 10.0 Å². The summed E-state index contributed by atoms with van der Waals surface area (Å²) in [5, 5.41) is 3.28. The summed E-state index contributed by atoms with van der Waals surface area (Å²) in [6.45, 7) is 5.76. The molecule has 1 atom stereocenters. The molecule has 2 N–H and O–H groups in total. The molecule has 2 rings (SSSR count). The lowest BCUT2D eigenvalue weighted by molar-refractivity contribution is 0.539. The Morgan fingerprint density at radius 2 is 2.16 bits per heavy atom. The van der Waals surface area contributed by atoms with E-state index in [9.17, 15) is 8.42 Å². The van der Waals surface area contributed by atoms with Gasteiger partial charge in [-0.3, -0.25) is 0 Å². The molecule has 0 aromatic carbocycles. The van der Waals surface area contributed by atoms with E-state index in [1.54, 1.807) is 6.07 Å². The van der Waals surface area contributed by atoms with Crippen molar-refractivity contribution in [2.45, 2.75) is 49.9 Å². The second-order valence-corrected chi connectivity index (χ2v) is 8.25. The molecule has 19 heavy (non-hydrogen) atoms. The summed E-state index contributed by atoms with van der Waals surface area (Å²) in [5.74, 6) is 0.528. The van der Waals surface area contributed by atoms with Gasteiger partial charge >= 0.3 is 0 Å². The van der Waals surface area contributed by atoms with E-state index in [4.69, 9.17) is 0 Å². The lowest BCUT2D eigenvalue weighted by Gasteiger charge is -2.11. The van der Waals surface area contributed by atoms with Gasteiger partial charge in [0.25, 0.3) is 0 Å². The molecular weight excluding hydrogens is 280 g/mol. The van der Waals surface area contributed by atoms with Crippen molar-refractivity contribution in [1.29, 1.82) is 0 Å². The van der Waals surface area contributed by atoms with Crippen molar-refractivity contribution in [1.82, 2.24) is 10.0 Å². The summed E-state index contributed by atoms with van der Waals surface area (Å²) in [5.41, 5.74) is 0. The molecule has 0 saturated heterocycles. The average Bonchev–Trinajstić information content (AvgIpc) is 3.09. The third-order valence-corrected chi connectivity index (χ3v) is 6.43. The van der Waals surface area contributed by atoms with Crippen molar-refractivity contribution in [3.8, 4) is 0 Å². The Labute approximate surface area is 119 Å². The normalized spacial score (nSPS) is 17.6. The summed E-state index contributed by atoms with van der Waals surface area (Å²) >= 11 is 1.35. The Morgan fingerprint density at radius 3 is 2.79 bits per heavy atom. The second kappa shape index (κ2) is 6.35. The topological polar surface area (TPSA) is 58.2 Å². The predicted molar refractivity (Wildman–Crippen MR) is 78.8 cm³/mol. The Kier molecular flexibility index (Phi) is 5.00. The minimum atomic E-state index is -3.33. The van der Waals surface area contributed by atoms with Crippen LogP contribution in [0.15, 0.2) is 16.3 Å². The van der Waals surface area contributed by atoms with Gasteiger partial charge in [-0.2, -0.15) is 0 Å². The van der Waals surface area contributed by atoms with Crippen LogP contribution >= 0.6 is 11.3 Å². The average molecular weight is 302 g/mol. The van der Waals surface area contributed by atoms with Crippen LogP contribution in [0.25, 0.3) is 0 Å². The van der Waals surface area contributed by atoms with Gasteiger partial charge < -0.3 is 5.32 Å². The zero-order valence-corrected chi connectivity index (χ0v) is 13.1. The Balaban J connectivity index is 1.95. The molecule has 0 aliphatic heterocycles. The first kappa shape index (κ1) is 15.0. The molecule has 1 aliphatic rings. The molecule has 1 saturated carbocycles. The molecule has 6 heteroatoms. The standard InChI is InChI=1S/C13H22N2O2S2/c1-3-8-14-9-12-6-7-13(18-12)19(16,17)15-10(2)11-4-5-11/h6-7,10-11,14-15H,3-5,8-9H2,1-2H3. The van der Waals surface area contributed by atoms with Crippen LogP contribution in [-0.2, 0) is 16.6 Å². The highest BCUT2D eigenvalue weighted by atomic mass is 32.2. The van der Waals surface area contributed by atoms with Crippen LogP contribution in [0.4, 0.5) is 0 Å². The molecule has 1 aromatic rings. The largest absolute Gasteiger partial charge is 0.312 e. The maximum Gasteiger partial charge on any atom is 0.250 e. The fourth-order valence-electron chi connectivity index (χ4n) is 1.98. The van der Waals surface area contributed by atoms with E-state index in [1.807, 2.05) is 13.0 Å². The molecule has 1 aliphatic carbocycles. The van der Waals surface area contributed by atoms with Crippen LogP contribution in [0.3, 0.4) is 0 Å². The van der Waals surface area contributed by atoms with Crippen LogP contribution in [0.1, 0.15) is 38.0 Å². The zero-order chi connectivity index (χ0) is 13.9. The smallest absolute Gasteiger partial charge is 0.250 e. The summed E-state index contributed by atoms with van der Waals surface area (Å²) < 4.78 is 27.6. The lowest BCUT2D eigenvalue weighted by atomic mass is 10.2. The predicted octanol–water partition coefficient (Wildman–Crippen LogP) is 2.32. The molecule has 1 unspecified atom stereocenters. The molecule has 1 heterocycles. The van der Waals surface area contributed by atoms with Crippen LogP contribution < -0.4 is 10.0 Å². The van der Waals surface area contributed by atoms with Crippen molar-refractivity contribution in [3.05, 3.63) is 17.0 Å². The van der Waals surface area contributed by atoms with Crippen LogP contribution in [-0.4, -0.2) is 21.0 Å². The monoisotopic (exact) mass is 302 g/mol. The number of hydrogen-bond donors (Lipinski definition) is 2. The number of rotatable bonds is 8. The van der Waals surface area contributed by atoms with Crippen molar-refractivity contribution in [2.24, 2.45) is 5.92 Å². The zero-order valence-electron chi connectivity index (χ0n) is 11.5. The SMILES string of the molecule is CCCNCc1ccc(S(=O)(=O)NC(C)C2CC2)s1. The quantitative estimate of drug-likeness (QED) is 0.725. The summed E-state index contributed by atoms with van der Waals surface area (Å²) in [6.07, 6.45) is 3.36. The van der Waals surface area contributed by atoms with Crippen molar-refractivity contribution in [3.63, 3.8) is 0 Å². The molecular formula is C13H22N2O2S2. The number of nitrogens with one attached hydrogen (secondary N) is 2. The first-order chi connectivity index (χ1) is 9.03. The van der Waals surface area contributed by atoms with Gasteiger partial charge in [0, 0.05) is 17.5 Å². The van der Waals surface area contributed by atoms with E-state index >= 15 is 0 Å². The molecule has 0 amide bonds. The highest BCUT2D eigenvalue weighted by Crippen LogP contribution is 2.33. The summed E-state index contributed by atoms with van der Waals surface area (Å²) in [6, 6.07) is 3.65. The minimum absolute atomic E-state index is 0.0498. The Bertz CT molecular complexity index is 506. The second-order valence-electron chi connectivity index (χ2n) is 5.14. The van der Waals surface area contributed by atoms with Crippen molar-refractivity contribution < 1.29 is 8.42 Å². The van der Waals surface area contributed by atoms with Crippen molar-refractivity contribution >= 4 is 21.4 Å². The maximum absolute atomic E-state index is 12.2. The van der Waals surface area contributed by atoms with Gasteiger partial charge in [-0.05, 0) is 50.8 Å². The van der Waals surface area contributed by atoms with Crippen LogP contribution in [0.2, 0.25) is 0 Å². The molecule has 4 nitrogen and oxygen atoms in total. The summed E-state index contributed by atoms with van der Waals surface area (Å²) in [7, 11) is -3.33. The van der Waals surface area contributed by atoms with E-state index in [2.05, 4.69) is 17.0 Å². The fraction of sp³-hybridized carbons (Fsp3) is 0.692. The number of thiophene rings is 1. The first-order valence-corrected chi connectivity index (χ1v) is 9.14. The van der Waals surface area contributed by atoms with Crippen LogP contribution in [0.5, 0.6) is 0 Å². The molecule has 1 aromatic heterocycles. The van der Waals surface area contributed by atoms with Gasteiger partial charge in [-0.15, -0.1) is 11.3 Å². The van der Waals surface area contributed by atoms with Gasteiger partial charge in [0.05, 0.1) is 0 Å².